The molecule has 0 aliphatic carbocycles. The van der Waals surface area contributed by atoms with Crippen molar-refractivity contribution in [2.45, 2.75) is 13.3 Å². The van der Waals surface area contributed by atoms with Crippen LogP contribution >= 0.6 is 0 Å². The zero-order valence-electron chi connectivity index (χ0n) is 19.5. The molecular formula is C29H27N3O3. The summed E-state index contributed by atoms with van der Waals surface area (Å²) in [4.78, 5) is 25.4. The number of nitrogens with one attached hydrogen (secondary N) is 3. The zero-order valence-corrected chi connectivity index (χ0v) is 19.5. The van der Waals surface area contributed by atoms with Crippen LogP contribution in [0.2, 0.25) is 0 Å². The molecule has 0 saturated carbocycles. The molecule has 0 saturated heterocycles. The van der Waals surface area contributed by atoms with E-state index in [1.165, 1.54) is 0 Å². The third-order valence-corrected chi connectivity index (χ3v) is 5.33. The van der Waals surface area contributed by atoms with Gasteiger partial charge in [-0.15, -0.1) is 0 Å². The molecule has 6 heteroatoms. The van der Waals surface area contributed by atoms with Crippen molar-refractivity contribution in [1.82, 2.24) is 0 Å². The number of aryl methyl sites for hydroxylation is 1. The molecule has 2 amide bonds. The minimum atomic E-state index is -0.344. The molecule has 35 heavy (non-hydrogen) atoms. The van der Waals surface area contributed by atoms with Crippen LogP contribution in [0.1, 0.15) is 22.8 Å². The van der Waals surface area contributed by atoms with Gasteiger partial charge in [0.1, 0.15) is 5.75 Å². The van der Waals surface area contributed by atoms with Crippen molar-refractivity contribution >= 4 is 34.6 Å². The third-order valence-electron chi connectivity index (χ3n) is 5.33. The summed E-state index contributed by atoms with van der Waals surface area (Å²) in [6.07, 6.45) is 0.887. The standard InChI is InChI=1S/C29H27N3O3/c1-2-21-9-8-12-25(19-21)35-20-28(33)32-27-14-7-6-13-26(27)29(34)31-24-17-15-23(16-18-24)30-22-10-4-3-5-11-22/h3-19,30H,2,20H2,1H3,(H,31,34)(H,32,33). The molecule has 4 aromatic carbocycles. The highest BCUT2D eigenvalue weighted by Crippen LogP contribution is 2.21. The minimum Gasteiger partial charge on any atom is -0.484 e. The van der Waals surface area contributed by atoms with E-state index in [2.05, 4.69) is 22.9 Å². The second-order valence-corrected chi connectivity index (χ2v) is 7.91. The Bertz CT molecular complexity index is 1290. The average Bonchev–Trinajstić information content (AvgIpc) is 2.89. The SMILES string of the molecule is CCc1cccc(OCC(=O)Nc2ccccc2C(=O)Nc2ccc(Nc3ccccc3)cc2)c1. The Morgan fingerprint density at radius 1 is 0.714 bits per heavy atom. The average molecular weight is 466 g/mol. The first-order valence-corrected chi connectivity index (χ1v) is 11.4. The van der Waals surface area contributed by atoms with Gasteiger partial charge in [0.05, 0.1) is 11.3 Å². The van der Waals surface area contributed by atoms with Crippen LogP contribution in [-0.4, -0.2) is 18.4 Å². The largest absolute Gasteiger partial charge is 0.484 e. The van der Waals surface area contributed by atoms with E-state index in [1.807, 2.05) is 78.9 Å². The highest BCUT2D eigenvalue weighted by atomic mass is 16.5. The van der Waals surface area contributed by atoms with Crippen LogP contribution in [0.15, 0.2) is 103 Å². The molecule has 4 rings (SSSR count). The number of carbonyl (C=O) groups excluding carboxylic acids is 2. The Balaban J connectivity index is 1.36. The van der Waals surface area contributed by atoms with Gasteiger partial charge in [-0.2, -0.15) is 0 Å². The second kappa shape index (κ2) is 11.5. The predicted molar refractivity (Wildman–Crippen MR) is 141 cm³/mol. The molecule has 0 radical (unpaired) electrons. The summed E-state index contributed by atoms with van der Waals surface area (Å²) in [5.74, 6) is -0.0274. The molecule has 0 aliphatic heterocycles. The molecule has 6 nitrogen and oxygen atoms in total. The molecule has 0 heterocycles. The summed E-state index contributed by atoms with van der Waals surface area (Å²) in [7, 11) is 0. The maximum absolute atomic E-state index is 12.9. The molecular weight excluding hydrogens is 438 g/mol. The van der Waals surface area contributed by atoms with Crippen molar-refractivity contribution in [3.8, 4) is 5.75 Å². The second-order valence-electron chi connectivity index (χ2n) is 7.91. The minimum absolute atomic E-state index is 0.154. The van der Waals surface area contributed by atoms with Gasteiger partial charge in [0.15, 0.2) is 6.61 Å². The van der Waals surface area contributed by atoms with Crippen molar-refractivity contribution in [3.63, 3.8) is 0 Å². The lowest BCUT2D eigenvalue weighted by atomic mass is 10.1. The van der Waals surface area contributed by atoms with Gasteiger partial charge >= 0.3 is 0 Å². The summed E-state index contributed by atoms with van der Waals surface area (Å²) < 4.78 is 5.61. The lowest BCUT2D eigenvalue weighted by Gasteiger charge is -2.13. The van der Waals surface area contributed by atoms with Gasteiger partial charge in [0.25, 0.3) is 11.8 Å². The number of rotatable bonds is 9. The molecule has 0 fully saturated rings. The van der Waals surface area contributed by atoms with Crippen molar-refractivity contribution < 1.29 is 14.3 Å². The smallest absolute Gasteiger partial charge is 0.262 e. The van der Waals surface area contributed by atoms with Gasteiger partial charge in [-0.25, -0.2) is 0 Å². The topological polar surface area (TPSA) is 79.5 Å². The first-order valence-electron chi connectivity index (χ1n) is 11.4. The number of anilines is 4. The van der Waals surface area contributed by atoms with E-state index in [1.54, 1.807) is 24.3 Å². The van der Waals surface area contributed by atoms with Gasteiger partial charge in [-0.05, 0) is 72.6 Å². The van der Waals surface area contributed by atoms with Gasteiger partial charge in [-0.1, -0.05) is 49.4 Å². The molecule has 4 aromatic rings. The van der Waals surface area contributed by atoms with E-state index in [9.17, 15) is 9.59 Å². The number of ether oxygens (including phenoxy) is 1. The van der Waals surface area contributed by atoms with Crippen LogP contribution in [0.4, 0.5) is 22.7 Å². The fourth-order valence-electron chi connectivity index (χ4n) is 3.50. The fourth-order valence-corrected chi connectivity index (χ4v) is 3.50. The number of carbonyl (C=O) groups is 2. The Hall–Kier alpha value is -4.58. The Kier molecular flexibility index (Phi) is 7.76. The lowest BCUT2D eigenvalue weighted by molar-refractivity contribution is -0.118. The summed E-state index contributed by atoms with van der Waals surface area (Å²) >= 11 is 0. The quantitative estimate of drug-likeness (QED) is 0.272. The molecule has 0 atom stereocenters. The van der Waals surface area contributed by atoms with Crippen LogP contribution < -0.4 is 20.7 Å². The first kappa shape index (κ1) is 23.6. The summed E-state index contributed by atoms with van der Waals surface area (Å²) in [5, 5.41) is 8.97. The van der Waals surface area contributed by atoms with Gasteiger partial charge in [0.2, 0.25) is 0 Å². The molecule has 0 spiro atoms. The Morgan fingerprint density at radius 2 is 1.40 bits per heavy atom. The maximum Gasteiger partial charge on any atom is 0.262 e. The van der Waals surface area contributed by atoms with Crippen LogP contribution in [0.25, 0.3) is 0 Å². The number of hydrogen-bond donors (Lipinski definition) is 3. The van der Waals surface area contributed by atoms with Crippen LogP contribution in [0.3, 0.4) is 0 Å². The van der Waals surface area contributed by atoms with E-state index in [0.717, 1.165) is 23.4 Å². The number of hydrogen-bond acceptors (Lipinski definition) is 4. The summed E-state index contributed by atoms with van der Waals surface area (Å²) in [6.45, 7) is 1.91. The summed E-state index contributed by atoms with van der Waals surface area (Å²) in [6, 6.07) is 31.8. The zero-order chi connectivity index (χ0) is 24.5. The molecule has 0 unspecified atom stereocenters. The normalized spacial score (nSPS) is 10.3. The van der Waals surface area contributed by atoms with Crippen LogP contribution in [0, 0.1) is 0 Å². The van der Waals surface area contributed by atoms with Crippen molar-refractivity contribution in [2.75, 3.05) is 22.6 Å². The highest BCUT2D eigenvalue weighted by Gasteiger charge is 2.14. The van der Waals surface area contributed by atoms with E-state index in [0.29, 0.717) is 22.7 Å². The number of para-hydroxylation sites is 2. The number of benzene rings is 4. The van der Waals surface area contributed by atoms with E-state index < -0.39 is 0 Å². The van der Waals surface area contributed by atoms with E-state index >= 15 is 0 Å². The van der Waals surface area contributed by atoms with Gasteiger partial charge < -0.3 is 20.7 Å². The van der Waals surface area contributed by atoms with E-state index in [-0.39, 0.29) is 18.4 Å². The van der Waals surface area contributed by atoms with Crippen LogP contribution in [-0.2, 0) is 11.2 Å². The molecule has 0 aromatic heterocycles. The van der Waals surface area contributed by atoms with Gasteiger partial charge in [0, 0.05) is 17.1 Å². The third kappa shape index (κ3) is 6.71. The maximum atomic E-state index is 12.9. The lowest BCUT2D eigenvalue weighted by Crippen LogP contribution is -2.22. The van der Waals surface area contributed by atoms with E-state index in [4.69, 9.17) is 4.74 Å². The van der Waals surface area contributed by atoms with Gasteiger partial charge in [-0.3, -0.25) is 9.59 Å². The molecule has 0 aliphatic rings. The monoisotopic (exact) mass is 465 g/mol. The van der Waals surface area contributed by atoms with Crippen molar-refractivity contribution in [2.24, 2.45) is 0 Å². The molecule has 0 bridgehead atoms. The Labute approximate surface area is 205 Å². The van der Waals surface area contributed by atoms with Crippen LogP contribution in [0.5, 0.6) is 5.75 Å². The summed E-state index contributed by atoms with van der Waals surface area (Å²) in [5.41, 5.74) is 4.45. The Morgan fingerprint density at radius 3 is 2.17 bits per heavy atom. The fraction of sp³-hybridized carbons (Fsp3) is 0.103. The molecule has 3 N–H and O–H groups in total. The first-order chi connectivity index (χ1) is 17.1. The van der Waals surface area contributed by atoms with Crippen molar-refractivity contribution in [3.05, 3.63) is 114 Å². The predicted octanol–water partition coefficient (Wildman–Crippen LogP) is 6.26. The van der Waals surface area contributed by atoms with Crippen molar-refractivity contribution in [1.29, 1.82) is 0 Å². The molecule has 176 valence electrons. The number of amides is 2. The highest BCUT2D eigenvalue weighted by molar-refractivity contribution is 6.10.